The summed E-state index contributed by atoms with van der Waals surface area (Å²) < 4.78 is 22.4. The van der Waals surface area contributed by atoms with Gasteiger partial charge in [-0.3, -0.25) is 9.69 Å². The molecular formula is C29H36N4O5. The molecule has 1 saturated heterocycles. The lowest BCUT2D eigenvalue weighted by molar-refractivity contribution is -0.127. The molecule has 0 spiro atoms. The number of nitrogens with one attached hydrogen (secondary N) is 1. The molecule has 2 aliphatic rings. The van der Waals surface area contributed by atoms with Gasteiger partial charge in [0.25, 0.3) is 0 Å². The lowest BCUT2D eigenvalue weighted by Gasteiger charge is -2.39. The lowest BCUT2D eigenvalue weighted by atomic mass is 9.88. The van der Waals surface area contributed by atoms with Gasteiger partial charge in [-0.2, -0.15) is 4.98 Å². The molecule has 1 atom stereocenters. The van der Waals surface area contributed by atoms with E-state index in [1.165, 1.54) is 0 Å². The Kier molecular flexibility index (Phi) is 7.29. The van der Waals surface area contributed by atoms with Crippen molar-refractivity contribution >= 4 is 5.91 Å². The van der Waals surface area contributed by atoms with Crippen molar-refractivity contribution in [3.63, 3.8) is 0 Å². The Bertz CT molecular complexity index is 1300. The number of methoxy groups -OCH3 is 2. The molecule has 2 aliphatic heterocycles. The highest BCUT2D eigenvalue weighted by Gasteiger charge is 2.36. The van der Waals surface area contributed by atoms with Gasteiger partial charge in [-0.25, -0.2) is 0 Å². The predicted octanol–water partition coefficient (Wildman–Crippen LogP) is 4.69. The minimum Gasteiger partial charge on any atom is -0.493 e. The minimum absolute atomic E-state index is 0.0181. The van der Waals surface area contributed by atoms with Crippen molar-refractivity contribution in [3.05, 3.63) is 53.4 Å². The molecule has 5 rings (SSSR count). The Morgan fingerprint density at radius 2 is 1.87 bits per heavy atom. The van der Waals surface area contributed by atoms with Crippen molar-refractivity contribution in [3.8, 4) is 28.6 Å². The Hall–Kier alpha value is -3.59. The summed E-state index contributed by atoms with van der Waals surface area (Å²) in [6, 6.07) is 11.7. The van der Waals surface area contributed by atoms with E-state index in [2.05, 4.69) is 53.3 Å². The molecule has 1 amide bonds. The Morgan fingerprint density at radius 1 is 1.11 bits per heavy atom. The third kappa shape index (κ3) is 5.62. The fourth-order valence-electron chi connectivity index (χ4n) is 5.35. The third-order valence-electron chi connectivity index (χ3n) is 7.37. The summed E-state index contributed by atoms with van der Waals surface area (Å²) in [4.78, 5) is 20.1. The number of hydrogen-bond acceptors (Lipinski definition) is 8. The standard InChI is InChI=1S/C29H36N4O5/c1-18-6-8-23-21(14-18)22(16-29(2,3)37-23)30-28(34)19-10-12-33(13-11-19)17-26-31-27(32-38-26)20-7-9-24(35-4)25(15-20)36-5/h6-9,14-15,19,22H,10-13,16-17H2,1-5H3,(H,30,34). The Labute approximate surface area is 223 Å². The van der Waals surface area contributed by atoms with Gasteiger partial charge in [-0.1, -0.05) is 22.9 Å². The largest absolute Gasteiger partial charge is 0.493 e. The summed E-state index contributed by atoms with van der Waals surface area (Å²) >= 11 is 0. The Balaban J connectivity index is 1.17. The van der Waals surface area contributed by atoms with E-state index in [1.807, 2.05) is 24.3 Å². The van der Waals surface area contributed by atoms with Crippen LogP contribution in [0, 0.1) is 12.8 Å². The van der Waals surface area contributed by atoms with E-state index in [1.54, 1.807) is 14.2 Å². The van der Waals surface area contributed by atoms with Gasteiger partial charge in [0.2, 0.25) is 17.6 Å². The van der Waals surface area contributed by atoms with Gasteiger partial charge >= 0.3 is 0 Å². The molecular weight excluding hydrogens is 484 g/mol. The van der Waals surface area contributed by atoms with E-state index in [-0.39, 0.29) is 23.5 Å². The van der Waals surface area contributed by atoms with Crippen molar-refractivity contribution in [2.75, 3.05) is 27.3 Å². The van der Waals surface area contributed by atoms with Crippen molar-refractivity contribution in [2.24, 2.45) is 5.92 Å². The lowest BCUT2D eigenvalue weighted by Crippen LogP contribution is -2.45. The molecule has 9 nitrogen and oxygen atoms in total. The smallest absolute Gasteiger partial charge is 0.241 e. The second-order valence-electron chi connectivity index (χ2n) is 10.8. The topological polar surface area (TPSA) is 99.0 Å². The monoisotopic (exact) mass is 520 g/mol. The fraction of sp³-hybridized carbons (Fsp3) is 0.483. The number of hydrogen-bond donors (Lipinski definition) is 1. The number of benzene rings is 2. The summed E-state index contributed by atoms with van der Waals surface area (Å²) in [6.07, 6.45) is 2.32. The van der Waals surface area contributed by atoms with Gasteiger partial charge in [0, 0.05) is 23.5 Å². The number of likely N-dealkylation sites (tertiary alicyclic amines) is 1. The van der Waals surface area contributed by atoms with Crippen LogP contribution in [-0.4, -0.2) is 53.9 Å². The Morgan fingerprint density at radius 3 is 2.61 bits per heavy atom. The van der Waals surface area contributed by atoms with Crippen LogP contribution in [0.3, 0.4) is 0 Å². The summed E-state index contributed by atoms with van der Waals surface area (Å²) in [5.41, 5.74) is 2.69. The number of aryl methyl sites for hydroxylation is 1. The average molecular weight is 521 g/mol. The number of rotatable bonds is 7. The van der Waals surface area contributed by atoms with Crippen molar-refractivity contribution in [1.29, 1.82) is 0 Å². The second kappa shape index (κ2) is 10.6. The van der Waals surface area contributed by atoms with Gasteiger partial charge in [0.1, 0.15) is 11.4 Å². The minimum atomic E-state index is -0.330. The highest BCUT2D eigenvalue weighted by atomic mass is 16.5. The average Bonchev–Trinajstić information content (AvgIpc) is 3.37. The predicted molar refractivity (Wildman–Crippen MR) is 142 cm³/mol. The van der Waals surface area contributed by atoms with Gasteiger partial charge in [-0.05, 0) is 71.0 Å². The zero-order valence-electron chi connectivity index (χ0n) is 22.7. The van der Waals surface area contributed by atoms with Crippen molar-refractivity contribution in [1.82, 2.24) is 20.4 Å². The number of aromatic nitrogens is 2. The summed E-state index contributed by atoms with van der Waals surface area (Å²) in [5.74, 6) is 3.27. The molecule has 0 saturated carbocycles. The number of ether oxygens (including phenoxy) is 3. The number of amides is 1. The summed E-state index contributed by atoms with van der Waals surface area (Å²) in [7, 11) is 3.19. The maximum atomic E-state index is 13.3. The zero-order valence-corrected chi connectivity index (χ0v) is 22.7. The van der Waals surface area contributed by atoms with Crippen LogP contribution < -0.4 is 19.5 Å². The van der Waals surface area contributed by atoms with E-state index in [0.717, 1.165) is 54.8 Å². The summed E-state index contributed by atoms with van der Waals surface area (Å²) in [6.45, 7) is 8.34. The van der Waals surface area contributed by atoms with E-state index >= 15 is 0 Å². The molecule has 1 fully saturated rings. The second-order valence-corrected chi connectivity index (χ2v) is 10.8. The summed E-state index contributed by atoms with van der Waals surface area (Å²) in [5, 5.41) is 7.48. The number of fused-ring (bicyclic) bond motifs is 1. The molecule has 1 N–H and O–H groups in total. The fourth-order valence-corrected chi connectivity index (χ4v) is 5.35. The maximum Gasteiger partial charge on any atom is 0.241 e. The number of piperidine rings is 1. The highest BCUT2D eigenvalue weighted by molar-refractivity contribution is 5.79. The molecule has 0 radical (unpaired) electrons. The molecule has 3 heterocycles. The first-order valence-electron chi connectivity index (χ1n) is 13.1. The van der Waals surface area contributed by atoms with Crippen LogP contribution in [0.15, 0.2) is 40.9 Å². The SMILES string of the molecule is COc1ccc(-c2noc(CN3CCC(C(=O)NC4CC(C)(C)Oc5ccc(C)cc54)CC3)n2)cc1OC. The van der Waals surface area contributed by atoms with Crippen molar-refractivity contribution < 1.29 is 23.5 Å². The molecule has 9 heteroatoms. The highest BCUT2D eigenvalue weighted by Crippen LogP contribution is 2.40. The number of carbonyl (C=O) groups excluding carboxylic acids is 1. The van der Waals surface area contributed by atoms with Crippen LogP contribution >= 0.6 is 0 Å². The molecule has 1 unspecified atom stereocenters. The van der Waals surface area contributed by atoms with Crippen LogP contribution in [0.1, 0.15) is 56.2 Å². The number of nitrogens with zero attached hydrogens (tertiary/aromatic N) is 3. The normalized spacial score (nSPS) is 19.3. The van der Waals surface area contributed by atoms with Gasteiger partial charge in [-0.15, -0.1) is 0 Å². The van der Waals surface area contributed by atoms with Crippen LogP contribution in [0.25, 0.3) is 11.4 Å². The van der Waals surface area contributed by atoms with E-state index in [4.69, 9.17) is 18.7 Å². The number of carbonyl (C=O) groups is 1. The van der Waals surface area contributed by atoms with Crippen molar-refractivity contribution in [2.45, 2.75) is 58.2 Å². The first kappa shape index (κ1) is 26.0. The van der Waals surface area contributed by atoms with E-state index in [0.29, 0.717) is 29.8 Å². The molecule has 0 aliphatic carbocycles. The first-order valence-corrected chi connectivity index (χ1v) is 13.1. The molecule has 0 bridgehead atoms. The van der Waals surface area contributed by atoms with Crippen LogP contribution in [0.2, 0.25) is 0 Å². The van der Waals surface area contributed by atoms with Gasteiger partial charge in [0.05, 0.1) is 26.8 Å². The zero-order chi connectivity index (χ0) is 26.9. The quantitative estimate of drug-likeness (QED) is 0.479. The van der Waals surface area contributed by atoms with E-state index < -0.39 is 0 Å². The molecule has 3 aromatic rings. The van der Waals surface area contributed by atoms with Gasteiger partial charge in [0.15, 0.2) is 11.5 Å². The van der Waals surface area contributed by atoms with E-state index in [9.17, 15) is 4.79 Å². The first-order chi connectivity index (χ1) is 18.2. The van der Waals surface area contributed by atoms with Gasteiger partial charge < -0.3 is 24.1 Å². The van der Waals surface area contributed by atoms with Crippen LogP contribution in [0.4, 0.5) is 0 Å². The van der Waals surface area contributed by atoms with Crippen LogP contribution in [-0.2, 0) is 11.3 Å². The van der Waals surface area contributed by atoms with Crippen LogP contribution in [0.5, 0.6) is 17.2 Å². The molecule has 1 aromatic heterocycles. The molecule has 2 aromatic carbocycles. The molecule has 202 valence electrons. The third-order valence-corrected chi connectivity index (χ3v) is 7.37. The maximum absolute atomic E-state index is 13.3. The molecule has 38 heavy (non-hydrogen) atoms.